The molecule has 4 aromatic rings. The maximum absolute atomic E-state index is 6.28. The first-order valence-corrected chi connectivity index (χ1v) is 9.58. The van der Waals surface area contributed by atoms with Gasteiger partial charge in [-0.05, 0) is 70.4 Å². The van der Waals surface area contributed by atoms with Gasteiger partial charge in [-0.2, -0.15) is 0 Å². The first-order valence-electron chi connectivity index (χ1n) is 7.99. The second kappa shape index (κ2) is 5.72. The average Bonchev–Trinajstić information content (AvgIpc) is 2.75. The van der Waals surface area contributed by atoms with Gasteiger partial charge in [-0.25, -0.2) is 0 Å². The topological polar surface area (TPSA) is 9.23 Å². The van der Waals surface area contributed by atoms with E-state index in [4.69, 9.17) is 4.74 Å². The molecule has 0 amide bonds. The Bertz CT molecular complexity index is 1060. The maximum Gasteiger partial charge on any atom is 0.135 e. The molecule has 25 heavy (non-hydrogen) atoms. The first-order chi connectivity index (χ1) is 12.2. The highest BCUT2D eigenvalue weighted by molar-refractivity contribution is 9.10. The summed E-state index contributed by atoms with van der Waals surface area (Å²) in [5, 5.41) is 2.45. The van der Waals surface area contributed by atoms with Gasteiger partial charge in [0, 0.05) is 20.1 Å². The molecule has 0 fully saturated rings. The van der Waals surface area contributed by atoms with Crippen molar-refractivity contribution in [3.05, 3.63) is 81.7 Å². The zero-order valence-electron chi connectivity index (χ0n) is 13.1. The van der Waals surface area contributed by atoms with Gasteiger partial charge in [0.1, 0.15) is 11.5 Å². The Hall–Kier alpha value is -2.10. The van der Waals surface area contributed by atoms with Crippen molar-refractivity contribution in [3.63, 3.8) is 0 Å². The third-order valence-corrected chi connectivity index (χ3v) is 5.56. The molecule has 120 valence electrons. The van der Waals surface area contributed by atoms with Crippen molar-refractivity contribution in [2.45, 2.75) is 0 Å². The van der Waals surface area contributed by atoms with Crippen LogP contribution in [0.25, 0.3) is 33.0 Å². The summed E-state index contributed by atoms with van der Waals surface area (Å²) in [5.41, 5.74) is 4.57. The summed E-state index contributed by atoms with van der Waals surface area (Å²) in [4.78, 5) is 0. The van der Waals surface area contributed by atoms with Crippen LogP contribution >= 0.6 is 31.9 Å². The smallest absolute Gasteiger partial charge is 0.135 e. The number of fused-ring (bicyclic) bond motifs is 6. The lowest BCUT2D eigenvalue weighted by molar-refractivity contribution is 0.487. The predicted octanol–water partition coefficient (Wildman–Crippen LogP) is 7.80. The van der Waals surface area contributed by atoms with E-state index in [-0.39, 0.29) is 0 Å². The van der Waals surface area contributed by atoms with Crippen LogP contribution in [0.15, 0.2) is 81.7 Å². The fourth-order valence-corrected chi connectivity index (χ4v) is 4.13. The molecule has 0 radical (unpaired) electrons. The molecule has 4 aromatic carbocycles. The lowest BCUT2D eigenvalue weighted by Gasteiger charge is -2.11. The number of hydrogen-bond donors (Lipinski definition) is 0. The summed E-state index contributed by atoms with van der Waals surface area (Å²) >= 11 is 7.20. The van der Waals surface area contributed by atoms with Gasteiger partial charge < -0.3 is 4.74 Å². The van der Waals surface area contributed by atoms with Crippen molar-refractivity contribution in [1.29, 1.82) is 0 Å². The average molecular weight is 452 g/mol. The molecule has 0 unspecified atom stereocenters. The molecule has 3 heteroatoms. The molecule has 1 aliphatic heterocycles. The Morgan fingerprint density at radius 2 is 1.00 bits per heavy atom. The molecule has 1 nitrogen and oxygen atoms in total. The van der Waals surface area contributed by atoms with E-state index < -0.39 is 0 Å². The minimum Gasteiger partial charge on any atom is -0.456 e. The van der Waals surface area contributed by atoms with Gasteiger partial charge in [0.2, 0.25) is 0 Å². The molecule has 0 aromatic heterocycles. The number of hydrogen-bond acceptors (Lipinski definition) is 1. The van der Waals surface area contributed by atoms with Crippen molar-refractivity contribution >= 4 is 42.6 Å². The zero-order chi connectivity index (χ0) is 17.0. The van der Waals surface area contributed by atoms with Crippen LogP contribution in [0.5, 0.6) is 11.5 Å². The van der Waals surface area contributed by atoms with Gasteiger partial charge in [0.05, 0.1) is 0 Å². The molecule has 0 spiro atoms. The molecular weight excluding hydrogens is 440 g/mol. The number of benzene rings is 4. The van der Waals surface area contributed by atoms with E-state index in [1.807, 2.05) is 24.3 Å². The van der Waals surface area contributed by atoms with Crippen molar-refractivity contribution in [1.82, 2.24) is 0 Å². The minimum atomic E-state index is 0.876. The molecule has 1 heterocycles. The summed E-state index contributed by atoms with van der Waals surface area (Å²) in [6.07, 6.45) is 0. The Morgan fingerprint density at radius 1 is 0.520 bits per heavy atom. The van der Waals surface area contributed by atoms with Crippen LogP contribution < -0.4 is 4.74 Å². The van der Waals surface area contributed by atoms with Crippen LogP contribution in [-0.2, 0) is 0 Å². The van der Waals surface area contributed by atoms with Gasteiger partial charge in [0.25, 0.3) is 0 Å². The fraction of sp³-hybridized carbons (Fsp3) is 0. The standard InChI is InChI=1S/C22H12Br2O/c23-15-5-7-21-19(11-15)17-9-13-3-1-2-4-14(13)10-18(17)20-12-16(24)6-8-22(20)25-21/h1-12H. The van der Waals surface area contributed by atoms with E-state index >= 15 is 0 Å². The second-order valence-electron chi connectivity index (χ2n) is 6.13. The molecule has 0 saturated heterocycles. The molecular formula is C22H12Br2O. The summed E-state index contributed by atoms with van der Waals surface area (Å²) in [7, 11) is 0. The molecule has 0 bridgehead atoms. The predicted molar refractivity (Wildman–Crippen MR) is 110 cm³/mol. The van der Waals surface area contributed by atoms with E-state index in [0.717, 1.165) is 31.6 Å². The molecule has 0 aliphatic carbocycles. The van der Waals surface area contributed by atoms with Crippen LogP contribution in [0.4, 0.5) is 0 Å². The summed E-state index contributed by atoms with van der Waals surface area (Å²) < 4.78 is 8.37. The second-order valence-corrected chi connectivity index (χ2v) is 7.96. The number of ether oxygens (including phenoxy) is 1. The van der Waals surface area contributed by atoms with Crippen LogP contribution in [0.1, 0.15) is 0 Å². The maximum atomic E-state index is 6.28. The van der Waals surface area contributed by atoms with Crippen molar-refractivity contribution in [2.75, 3.05) is 0 Å². The fourth-order valence-electron chi connectivity index (χ4n) is 3.41. The summed E-state index contributed by atoms with van der Waals surface area (Å²) in [6, 6.07) is 25.3. The minimum absolute atomic E-state index is 0.876. The lowest BCUT2D eigenvalue weighted by atomic mass is 9.91. The molecule has 0 saturated carbocycles. The molecule has 5 rings (SSSR count). The van der Waals surface area contributed by atoms with Gasteiger partial charge in [-0.1, -0.05) is 56.1 Å². The monoisotopic (exact) mass is 450 g/mol. The van der Waals surface area contributed by atoms with Gasteiger partial charge in [-0.3, -0.25) is 0 Å². The number of rotatable bonds is 0. The SMILES string of the molecule is Brc1ccc2c(c1)-c1cc3ccccc3cc1-c1cc(Br)ccc1O2. The molecule has 0 N–H and O–H groups in total. The van der Waals surface area contributed by atoms with Gasteiger partial charge in [0.15, 0.2) is 0 Å². The Labute approximate surface area is 162 Å². The largest absolute Gasteiger partial charge is 0.456 e. The Balaban J connectivity index is 1.95. The third kappa shape index (κ3) is 2.50. The molecule has 1 aliphatic rings. The van der Waals surface area contributed by atoms with Crippen molar-refractivity contribution < 1.29 is 4.74 Å². The van der Waals surface area contributed by atoms with Gasteiger partial charge >= 0.3 is 0 Å². The van der Waals surface area contributed by atoms with Gasteiger partial charge in [-0.15, -0.1) is 0 Å². The molecule has 0 atom stereocenters. The van der Waals surface area contributed by atoms with Crippen molar-refractivity contribution in [3.8, 4) is 33.8 Å². The van der Waals surface area contributed by atoms with Crippen LogP contribution in [0.2, 0.25) is 0 Å². The van der Waals surface area contributed by atoms with E-state index in [2.05, 4.69) is 80.4 Å². The zero-order valence-corrected chi connectivity index (χ0v) is 16.3. The third-order valence-electron chi connectivity index (χ3n) is 4.57. The van der Waals surface area contributed by atoms with E-state index in [9.17, 15) is 0 Å². The first kappa shape index (κ1) is 15.2. The Morgan fingerprint density at radius 3 is 1.48 bits per heavy atom. The van der Waals surface area contributed by atoms with E-state index in [0.29, 0.717) is 0 Å². The lowest BCUT2D eigenvalue weighted by Crippen LogP contribution is -1.86. The van der Waals surface area contributed by atoms with Crippen molar-refractivity contribution in [2.24, 2.45) is 0 Å². The van der Waals surface area contributed by atoms with Crippen LogP contribution in [0.3, 0.4) is 0 Å². The highest BCUT2D eigenvalue weighted by Crippen LogP contribution is 2.49. The van der Waals surface area contributed by atoms with E-state index in [1.165, 1.54) is 21.9 Å². The quantitative estimate of drug-likeness (QED) is 0.233. The highest BCUT2D eigenvalue weighted by Gasteiger charge is 2.21. The highest BCUT2D eigenvalue weighted by atomic mass is 79.9. The summed E-state index contributed by atoms with van der Waals surface area (Å²) in [5.74, 6) is 1.75. The normalized spacial score (nSPS) is 11.9. The Kier molecular flexibility index (Phi) is 3.47. The number of halogens is 2. The van der Waals surface area contributed by atoms with Crippen LogP contribution in [-0.4, -0.2) is 0 Å². The van der Waals surface area contributed by atoms with Crippen LogP contribution in [0, 0.1) is 0 Å². The summed E-state index contributed by atoms with van der Waals surface area (Å²) in [6.45, 7) is 0. The van der Waals surface area contributed by atoms with E-state index in [1.54, 1.807) is 0 Å².